The van der Waals surface area contributed by atoms with E-state index in [4.69, 9.17) is 9.84 Å². The predicted octanol–water partition coefficient (Wildman–Crippen LogP) is 1.12. The van der Waals surface area contributed by atoms with Gasteiger partial charge in [-0.1, -0.05) is 18.2 Å². The number of aliphatic carboxylic acids is 1. The van der Waals surface area contributed by atoms with Gasteiger partial charge in [-0.15, -0.1) is 0 Å². The Balaban J connectivity index is 2.02. The number of nitrogens with one attached hydrogen (secondary N) is 1. The molecule has 0 aliphatic carbocycles. The highest BCUT2D eigenvalue weighted by atomic mass is 19.1. The van der Waals surface area contributed by atoms with Crippen LogP contribution < -0.4 is 5.32 Å². The Labute approximate surface area is 115 Å². The maximum atomic E-state index is 13.5. The molecule has 0 aromatic heterocycles. The molecule has 1 amide bonds. The number of hydrogen-bond donors (Lipinski definition) is 2. The Bertz CT molecular complexity index is 500. The Morgan fingerprint density at radius 1 is 1.45 bits per heavy atom. The topological polar surface area (TPSA) is 75.6 Å². The van der Waals surface area contributed by atoms with Crippen molar-refractivity contribution in [1.29, 1.82) is 0 Å². The summed E-state index contributed by atoms with van der Waals surface area (Å²) >= 11 is 0. The fourth-order valence-electron chi connectivity index (χ4n) is 2.13. The lowest BCUT2D eigenvalue weighted by molar-refractivity contribution is -0.143. The van der Waals surface area contributed by atoms with Crippen molar-refractivity contribution in [2.75, 3.05) is 6.61 Å². The van der Waals surface area contributed by atoms with Crippen molar-refractivity contribution in [3.05, 3.63) is 35.6 Å². The minimum Gasteiger partial charge on any atom is -0.480 e. The van der Waals surface area contributed by atoms with Crippen LogP contribution in [0.3, 0.4) is 0 Å². The first-order valence-corrected chi connectivity index (χ1v) is 6.46. The molecule has 1 aromatic rings. The van der Waals surface area contributed by atoms with Gasteiger partial charge in [0.25, 0.3) is 0 Å². The van der Waals surface area contributed by atoms with Gasteiger partial charge < -0.3 is 15.2 Å². The number of ether oxygens (including phenoxy) is 1. The maximum Gasteiger partial charge on any atom is 0.326 e. The van der Waals surface area contributed by atoms with Gasteiger partial charge in [0.1, 0.15) is 18.0 Å². The molecule has 1 fully saturated rings. The smallest absolute Gasteiger partial charge is 0.326 e. The van der Waals surface area contributed by atoms with E-state index in [1.54, 1.807) is 6.07 Å². The summed E-state index contributed by atoms with van der Waals surface area (Å²) in [5.41, 5.74) is 0.257. The number of carboxylic acids is 1. The molecule has 1 aliphatic rings. The number of amides is 1. The van der Waals surface area contributed by atoms with Gasteiger partial charge >= 0.3 is 5.97 Å². The van der Waals surface area contributed by atoms with Crippen LogP contribution in [-0.4, -0.2) is 35.7 Å². The minimum absolute atomic E-state index is 0.0968. The number of carbonyl (C=O) groups excluding carboxylic acids is 1. The quantitative estimate of drug-likeness (QED) is 0.848. The molecule has 2 rings (SSSR count). The standard InChI is InChI=1S/C14H16FNO4/c15-10-5-2-1-4-9(10)8-11(14(18)19)16-13(17)12-6-3-7-20-12/h1-2,4-5,11-12H,3,6-8H2,(H,16,17)(H,18,19)/t11-,12+/m1/s1. The summed E-state index contributed by atoms with van der Waals surface area (Å²) in [5, 5.41) is 11.5. The van der Waals surface area contributed by atoms with E-state index in [2.05, 4.69) is 5.32 Å². The first-order valence-electron chi connectivity index (χ1n) is 6.46. The highest BCUT2D eigenvalue weighted by Crippen LogP contribution is 2.13. The lowest BCUT2D eigenvalue weighted by Crippen LogP contribution is -2.46. The van der Waals surface area contributed by atoms with Crippen molar-refractivity contribution in [1.82, 2.24) is 5.32 Å². The van der Waals surface area contributed by atoms with Crippen molar-refractivity contribution < 1.29 is 23.8 Å². The average Bonchev–Trinajstić information content (AvgIpc) is 2.94. The predicted molar refractivity (Wildman–Crippen MR) is 68.6 cm³/mol. The van der Waals surface area contributed by atoms with Crippen molar-refractivity contribution in [3.8, 4) is 0 Å². The number of benzene rings is 1. The van der Waals surface area contributed by atoms with E-state index in [-0.39, 0.29) is 12.0 Å². The molecule has 0 radical (unpaired) electrons. The van der Waals surface area contributed by atoms with E-state index < -0.39 is 29.8 Å². The van der Waals surface area contributed by atoms with Crippen LogP contribution in [0, 0.1) is 5.82 Å². The van der Waals surface area contributed by atoms with Crippen LogP contribution in [0.1, 0.15) is 18.4 Å². The van der Waals surface area contributed by atoms with E-state index in [1.807, 2.05) is 0 Å². The van der Waals surface area contributed by atoms with E-state index in [0.29, 0.717) is 13.0 Å². The number of carboxylic acid groups (broad SMARTS) is 1. The average molecular weight is 281 g/mol. The van der Waals surface area contributed by atoms with Gasteiger partial charge in [-0.05, 0) is 24.5 Å². The molecule has 1 heterocycles. The molecule has 1 aliphatic heterocycles. The molecule has 5 nitrogen and oxygen atoms in total. The lowest BCUT2D eigenvalue weighted by Gasteiger charge is -2.17. The molecule has 0 saturated carbocycles. The first kappa shape index (κ1) is 14.5. The van der Waals surface area contributed by atoms with Gasteiger partial charge in [0.2, 0.25) is 5.91 Å². The molecular weight excluding hydrogens is 265 g/mol. The Hall–Kier alpha value is -1.95. The summed E-state index contributed by atoms with van der Waals surface area (Å²) in [6.07, 6.45) is 0.666. The molecule has 2 N–H and O–H groups in total. The third-order valence-corrected chi connectivity index (χ3v) is 3.22. The molecule has 2 atom stereocenters. The van der Waals surface area contributed by atoms with Crippen LogP contribution >= 0.6 is 0 Å². The van der Waals surface area contributed by atoms with Crippen LogP contribution in [0.5, 0.6) is 0 Å². The second-order valence-corrected chi connectivity index (χ2v) is 4.70. The van der Waals surface area contributed by atoms with E-state index in [1.165, 1.54) is 18.2 Å². The third-order valence-electron chi connectivity index (χ3n) is 3.22. The van der Waals surface area contributed by atoms with Crippen molar-refractivity contribution >= 4 is 11.9 Å². The summed E-state index contributed by atoms with van der Waals surface area (Å²) in [5.74, 6) is -2.13. The maximum absolute atomic E-state index is 13.5. The van der Waals surface area contributed by atoms with Gasteiger partial charge in [-0.2, -0.15) is 0 Å². The summed E-state index contributed by atoms with van der Waals surface area (Å²) in [6, 6.07) is 4.75. The molecule has 20 heavy (non-hydrogen) atoms. The van der Waals surface area contributed by atoms with Crippen LogP contribution in [0.4, 0.5) is 4.39 Å². The van der Waals surface area contributed by atoms with Crippen molar-refractivity contribution in [2.45, 2.75) is 31.4 Å². The SMILES string of the molecule is O=C(N[C@H](Cc1ccccc1F)C(=O)O)[C@@H]1CCCO1. The lowest BCUT2D eigenvalue weighted by atomic mass is 10.0. The molecule has 1 aromatic carbocycles. The highest BCUT2D eigenvalue weighted by Gasteiger charge is 2.28. The summed E-state index contributed by atoms with van der Waals surface area (Å²) in [7, 11) is 0. The Morgan fingerprint density at radius 3 is 2.80 bits per heavy atom. The van der Waals surface area contributed by atoms with Crippen LogP contribution in [0.2, 0.25) is 0 Å². The molecule has 0 spiro atoms. The van der Waals surface area contributed by atoms with Gasteiger partial charge in [-0.3, -0.25) is 4.79 Å². The molecule has 1 saturated heterocycles. The summed E-state index contributed by atoms with van der Waals surface area (Å²) in [6.45, 7) is 0.503. The molecule has 0 bridgehead atoms. The highest BCUT2D eigenvalue weighted by molar-refractivity contribution is 5.86. The zero-order chi connectivity index (χ0) is 14.5. The largest absolute Gasteiger partial charge is 0.480 e. The first-order chi connectivity index (χ1) is 9.58. The fourth-order valence-corrected chi connectivity index (χ4v) is 2.13. The summed E-state index contributed by atoms with van der Waals surface area (Å²) in [4.78, 5) is 23.0. The minimum atomic E-state index is -1.19. The summed E-state index contributed by atoms with van der Waals surface area (Å²) < 4.78 is 18.7. The number of halogens is 1. The van der Waals surface area contributed by atoms with E-state index in [0.717, 1.165) is 6.42 Å². The molecule has 108 valence electrons. The number of rotatable bonds is 5. The van der Waals surface area contributed by atoms with Crippen molar-refractivity contribution in [2.24, 2.45) is 0 Å². The van der Waals surface area contributed by atoms with Crippen LogP contribution in [-0.2, 0) is 20.7 Å². The number of carbonyl (C=O) groups is 2. The Morgan fingerprint density at radius 2 is 2.20 bits per heavy atom. The van der Waals surface area contributed by atoms with Crippen LogP contribution in [0.25, 0.3) is 0 Å². The van der Waals surface area contributed by atoms with Crippen LogP contribution in [0.15, 0.2) is 24.3 Å². The fraction of sp³-hybridized carbons (Fsp3) is 0.429. The monoisotopic (exact) mass is 281 g/mol. The molecule has 6 heteroatoms. The van der Waals surface area contributed by atoms with E-state index in [9.17, 15) is 14.0 Å². The normalized spacial score (nSPS) is 19.6. The molecular formula is C14H16FNO4. The van der Waals surface area contributed by atoms with Crippen molar-refractivity contribution in [3.63, 3.8) is 0 Å². The third kappa shape index (κ3) is 3.54. The van der Waals surface area contributed by atoms with Gasteiger partial charge in [0.15, 0.2) is 0 Å². The number of hydrogen-bond acceptors (Lipinski definition) is 3. The zero-order valence-electron chi connectivity index (χ0n) is 10.8. The Kier molecular flexibility index (Phi) is 4.68. The second-order valence-electron chi connectivity index (χ2n) is 4.70. The van der Waals surface area contributed by atoms with Gasteiger partial charge in [-0.25, -0.2) is 9.18 Å². The van der Waals surface area contributed by atoms with Gasteiger partial charge in [0, 0.05) is 13.0 Å². The molecule has 0 unspecified atom stereocenters. The van der Waals surface area contributed by atoms with E-state index >= 15 is 0 Å². The zero-order valence-corrected chi connectivity index (χ0v) is 10.8. The second kappa shape index (κ2) is 6.47. The van der Waals surface area contributed by atoms with Gasteiger partial charge in [0.05, 0.1) is 0 Å².